The Kier molecular flexibility index (Phi) is 1.44. The van der Waals surface area contributed by atoms with Gasteiger partial charge in [0.15, 0.2) is 5.78 Å². The van der Waals surface area contributed by atoms with Crippen molar-refractivity contribution in [1.29, 1.82) is 0 Å². The van der Waals surface area contributed by atoms with Crippen LogP contribution in [0.2, 0.25) is 0 Å². The first-order valence-corrected chi connectivity index (χ1v) is 6.45. The van der Waals surface area contributed by atoms with Crippen LogP contribution < -0.4 is 0 Å². The van der Waals surface area contributed by atoms with Gasteiger partial charge in [0.1, 0.15) is 0 Å². The fourth-order valence-corrected chi connectivity index (χ4v) is 5.17. The molecule has 3 aliphatic carbocycles. The van der Waals surface area contributed by atoms with Gasteiger partial charge in [-0.2, -0.15) is 0 Å². The van der Waals surface area contributed by atoms with E-state index in [2.05, 4.69) is 19.9 Å². The smallest absolute Gasteiger partial charge is 0.158 e. The van der Waals surface area contributed by atoms with E-state index in [1.165, 1.54) is 12.8 Å². The third-order valence-electron chi connectivity index (χ3n) is 5.74. The molecule has 0 aromatic heterocycles. The number of allylic oxidation sites excluding steroid dienone is 2. The van der Waals surface area contributed by atoms with Crippen molar-refractivity contribution in [2.24, 2.45) is 23.2 Å². The van der Waals surface area contributed by atoms with Crippen LogP contribution >= 0.6 is 0 Å². The van der Waals surface area contributed by atoms with Crippen LogP contribution in [0.1, 0.15) is 33.1 Å². The first kappa shape index (κ1) is 9.41. The summed E-state index contributed by atoms with van der Waals surface area (Å²) in [5.74, 6) is 1.66. The summed E-state index contributed by atoms with van der Waals surface area (Å²) in [6.45, 7) is 4.37. The van der Waals surface area contributed by atoms with Crippen LogP contribution in [0.25, 0.3) is 0 Å². The Hall–Kier alpha value is -0.630. The maximum Gasteiger partial charge on any atom is 0.158 e. The molecule has 2 nitrogen and oxygen atoms in total. The first-order valence-electron chi connectivity index (χ1n) is 6.45. The van der Waals surface area contributed by atoms with Crippen molar-refractivity contribution in [2.75, 3.05) is 0 Å². The quantitative estimate of drug-likeness (QED) is 0.624. The Morgan fingerprint density at radius 1 is 1.50 bits per heavy atom. The van der Waals surface area contributed by atoms with E-state index in [0.29, 0.717) is 23.2 Å². The van der Waals surface area contributed by atoms with E-state index < -0.39 is 0 Å². The van der Waals surface area contributed by atoms with Gasteiger partial charge >= 0.3 is 0 Å². The zero-order chi connectivity index (χ0) is 11.1. The zero-order valence-corrected chi connectivity index (χ0v) is 9.90. The van der Waals surface area contributed by atoms with Gasteiger partial charge in [-0.05, 0) is 43.6 Å². The number of carbonyl (C=O) groups excluding carboxylic acids is 1. The molecular weight excluding hydrogens is 200 g/mol. The molecule has 5 aliphatic rings. The maximum absolute atomic E-state index is 11.8. The molecule has 0 unspecified atom stereocenters. The fraction of sp³-hybridized carbons (Fsp3) is 0.786. The molecule has 0 amide bonds. The van der Waals surface area contributed by atoms with E-state index >= 15 is 0 Å². The number of ether oxygens (including phenoxy) is 1. The van der Waals surface area contributed by atoms with Crippen LogP contribution in [0.5, 0.6) is 0 Å². The molecule has 0 N–H and O–H groups in total. The van der Waals surface area contributed by atoms with Gasteiger partial charge in [0.25, 0.3) is 0 Å². The number of carbonyl (C=O) groups is 1. The van der Waals surface area contributed by atoms with Crippen molar-refractivity contribution in [3.8, 4) is 0 Å². The highest BCUT2D eigenvalue weighted by atomic mass is 16.5. The summed E-state index contributed by atoms with van der Waals surface area (Å²) in [5, 5.41) is 0. The summed E-state index contributed by atoms with van der Waals surface area (Å²) < 4.78 is 6.24. The molecule has 0 aromatic rings. The Morgan fingerprint density at radius 2 is 2.31 bits per heavy atom. The summed E-state index contributed by atoms with van der Waals surface area (Å²) in [4.78, 5) is 11.8. The third kappa shape index (κ3) is 0.839. The first-order chi connectivity index (χ1) is 7.54. The third-order valence-corrected chi connectivity index (χ3v) is 5.74. The van der Waals surface area contributed by atoms with Crippen molar-refractivity contribution >= 4 is 5.78 Å². The van der Waals surface area contributed by atoms with Gasteiger partial charge in [-0.1, -0.05) is 13.0 Å². The van der Waals surface area contributed by atoms with E-state index in [0.717, 1.165) is 12.3 Å². The summed E-state index contributed by atoms with van der Waals surface area (Å²) in [7, 11) is 0. The fourth-order valence-electron chi connectivity index (χ4n) is 5.17. The second-order valence-electron chi connectivity index (χ2n) is 6.57. The molecule has 2 heteroatoms. The van der Waals surface area contributed by atoms with Gasteiger partial charge < -0.3 is 4.74 Å². The molecule has 4 fully saturated rings. The van der Waals surface area contributed by atoms with Gasteiger partial charge in [0.05, 0.1) is 11.7 Å². The van der Waals surface area contributed by atoms with Gasteiger partial charge in [-0.25, -0.2) is 0 Å². The van der Waals surface area contributed by atoms with Crippen LogP contribution in [0.3, 0.4) is 0 Å². The predicted molar refractivity (Wildman–Crippen MR) is 59.9 cm³/mol. The SMILES string of the molecule is C[C@@H]1C(=O)C=C[C@]23C[C@@H]4C[C@H](O[C@@]4(C)C2)[C@@H]13. The molecule has 6 atom stereocenters. The average molecular weight is 218 g/mol. The van der Waals surface area contributed by atoms with E-state index in [4.69, 9.17) is 4.74 Å². The Labute approximate surface area is 96.0 Å². The molecule has 2 saturated heterocycles. The number of rotatable bonds is 0. The standard InChI is InChI=1S/C14H18O2/c1-8-10(15)3-4-14-6-9-5-11(12(8)14)16-13(9,2)7-14/h3-4,8-9,11-12H,5-7H2,1-2H3/t8-,9+,11+,12-,13+,14+/m1/s1. The van der Waals surface area contributed by atoms with E-state index in [-0.39, 0.29) is 11.5 Å². The number of ketones is 1. The second-order valence-corrected chi connectivity index (χ2v) is 6.57. The largest absolute Gasteiger partial charge is 0.371 e. The predicted octanol–water partition coefficient (Wildman–Crippen LogP) is 2.34. The lowest BCUT2D eigenvalue weighted by molar-refractivity contribution is -0.148. The maximum atomic E-state index is 11.8. The zero-order valence-electron chi connectivity index (χ0n) is 9.90. The molecule has 86 valence electrons. The molecule has 4 bridgehead atoms. The molecule has 1 spiro atoms. The summed E-state index contributed by atoms with van der Waals surface area (Å²) in [5.41, 5.74) is 0.416. The van der Waals surface area contributed by atoms with Crippen molar-refractivity contribution < 1.29 is 9.53 Å². The lowest BCUT2D eigenvalue weighted by atomic mass is 9.58. The normalized spacial score (nSPS) is 61.8. The van der Waals surface area contributed by atoms with Gasteiger partial charge in [-0.3, -0.25) is 4.79 Å². The molecule has 2 aliphatic heterocycles. The topological polar surface area (TPSA) is 26.3 Å². The Bertz CT molecular complexity index is 413. The van der Waals surface area contributed by atoms with Gasteiger partial charge in [0, 0.05) is 11.8 Å². The molecule has 5 rings (SSSR count). The number of hydrogen-bond donors (Lipinski definition) is 0. The lowest BCUT2D eigenvalue weighted by Gasteiger charge is -2.49. The Balaban J connectivity index is 1.87. The van der Waals surface area contributed by atoms with Crippen molar-refractivity contribution in [1.82, 2.24) is 0 Å². The van der Waals surface area contributed by atoms with Crippen molar-refractivity contribution in [3.05, 3.63) is 12.2 Å². The highest BCUT2D eigenvalue weighted by Gasteiger charge is 2.68. The molecule has 2 heterocycles. The monoisotopic (exact) mass is 218 g/mol. The van der Waals surface area contributed by atoms with Crippen LogP contribution in [-0.4, -0.2) is 17.5 Å². The summed E-state index contributed by atoms with van der Waals surface area (Å²) in [6, 6.07) is 0. The van der Waals surface area contributed by atoms with Crippen LogP contribution in [0.4, 0.5) is 0 Å². The Morgan fingerprint density at radius 3 is 3.06 bits per heavy atom. The molecule has 16 heavy (non-hydrogen) atoms. The minimum atomic E-state index is 0.117. The highest BCUT2D eigenvalue weighted by Crippen LogP contribution is 2.68. The van der Waals surface area contributed by atoms with Crippen LogP contribution in [0.15, 0.2) is 12.2 Å². The van der Waals surface area contributed by atoms with Crippen molar-refractivity contribution in [2.45, 2.75) is 44.8 Å². The van der Waals surface area contributed by atoms with Crippen molar-refractivity contribution in [3.63, 3.8) is 0 Å². The van der Waals surface area contributed by atoms with Gasteiger partial charge in [0.2, 0.25) is 0 Å². The van der Waals surface area contributed by atoms with Gasteiger partial charge in [-0.15, -0.1) is 0 Å². The minimum Gasteiger partial charge on any atom is -0.371 e. The van der Waals surface area contributed by atoms with E-state index in [1.54, 1.807) is 0 Å². The molecular formula is C14H18O2. The summed E-state index contributed by atoms with van der Waals surface area (Å²) in [6.07, 6.45) is 8.00. The minimum absolute atomic E-state index is 0.117. The van der Waals surface area contributed by atoms with Crippen LogP contribution in [0, 0.1) is 23.2 Å². The average Bonchev–Trinajstić information content (AvgIpc) is 2.57. The summed E-state index contributed by atoms with van der Waals surface area (Å²) >= 11 is 0. The highest BCUT2D eigenvalue weighted by molar-refractivity contribution is 5.93. The molecule has 0 aromatic carbocycles. The van der Waals surface area contributed by atoms with Crippen LogP contribution in [-0.2, 0) is 9.53 Å². The molecule has 0 radical (unpaired) electrons. The van der Waals surface area contributed by atoms with E-state index in [9.17, 15) is 4.79 Å². The lowest BCUT2D eigenvalue weighted by Crippen LogP contribution is -2.50. The number of hydrogen-bond acceptors (Lipinski definition) is 2. The second kappa shape index (κ2) is 2.45. The molecule has 2 saturated carbocycles. The van der Waals surface area contributed by atoms with E-state index in [1.807, 2.05) is 6.08 Å².